The molecule has 5 rings (SSSR count). The van der Waals surface area contributed by atoms with Crippen molar-refractivity contribution >= 4 is 5.91 Å². The van der Waals surface area contributed by atoms with Crippen LogP contribution in [-0.2, 0) is 17.9 Å². The number of aromatic nitrogens is 2. The highest BCUT2D eigenvalue weighted by atomic mass is 19.1. The Labute approximate surface area is 184 Å². The second-order valence-corrected chi connectivity index (χ2v) is 8.53. The summed E-state index contributed by atoms with van der Waals surface area (Å²) in [4.78, 5) is 17.6. The summed E-state index contributed by atoms with van der Waals surface area (Å²) in [6.45, 7) is 0.241. The molecule has 1 aromatic heterocycles. The molecule has 2 aromatic carbocycles. The van der Waals surface area contributed by atoms with Gasteiger partial charge in [0.1, 0.15) is 17.4 Å². The van der Waals surface area contributed by atoms with Crippen LogP contribution in [0.3, 0.4) is 0 Å². The van der Waals surface area contributed by atoms with Crippen LogP contribution >= 0.6 is 0 Å². The van der Waals surface area contributed by atoms with E-state index in [1.165, 1.54) is 12.1 Å². The van der Waals surface area contributed by atoms with Crippen LogP contribution in [0, 0.1) is 29.4 Å². The van der Waals surface area contributed by atoms with Crippen molar-refractivity contribution in [2.24, 2.45) is 17.8 Å². The van der Waals surface area contributed by atoms with E-state index >= 15 is 0 Å². The Balaban J connectivity index is 1.27. The molecule has 166 valence electrons. The van der Waals surface area contributed by atoms with Crippen molar-refractivity contribution in [1.82, 2.24) is 15.5 Å². The van der Waals surface area contributed by atoms with Gasteiger partial charge in [-0.15, -0.1) is 0 Å². The van der Waals surface area contributed by atoms with Crippen LogP contribution in [0.2, 0.25) is 0 Å². The predicted octanol–water partition coefficient (Wildman–Crippen LogP) is 4.37. The number of rotatable bonds is 7. The summed E-state index contributed by atoms with van der Waals surface area (Å²) in [5, 5.41) is 6.89. The lowest BCUT2D eigenvalue weighted by Gasteiger charge is -2.27. The van der Waals surface area contributed by atoms with E-state index in [4.69, 9.17) is 9.26 Å². The highest BCUT2D eigenvalue weighted by Crippen LogP contribution is 2.56. The summed E-state index contributed by atoms with van der Waals surface area (Å²) in [5.74, 6) is 0.229. The fourth-order valence-corrected chi connectivity index (χ4v) is 5.17. The Hall–Kier alpha value is -3.29. The zero-order valence-electron chi connectivity index (χ0n) is 17.3. The van der Waals surface area contributed by atoms with Crippen molar-refractivity contribution in [3.8, 4) is 5.75 Å². The lowest BCUT2D eigenvalue weighted by Crippen LogP contribution is -2.37. The third-order valence-corrected chi connectivity index (χ3v) is 6.49. The molecule has 0 aliphatic heterocycles. The number of halogens is 2. The molecule has 32 heavy (non-hydrogen) atoms. The normalized spacial score (nSPS) is 23.9. The van der Waals surface area contributed by atoms with E-state index in [1.54, 1.807) is 0 Å². The molecule has 1 heterocycles. The molecule has 1 N–H and O–H groups in total. The summed E-state index contributed by atoms with van der Waals surface area (Å²) < 4.78 is 38.1. The number of hydrogen-bond donors (Lipinski definition) is 1. The Morgan fingerprint density at radius 3 is 2.62 bits per heavy atom. The van der Waals surface area contributed by atoms with Gasteiger partial charge >= 0.3 is 0 Å². The van der Waals surface area contributed by atoms with E-state index in [2.05, 4.69) is 15.5 Å². The van der Waals surface area contributed by atoms with Crippen LogP contribution in [0.1, 0.15) is 42.5 Å². The summed E-state index contributed by atoms with van der Waals surface area (Å²) in [6, 6.07) is 12.6. The van der Waals surface area contributed by atoms with Crippen LogP contribution in [0.4, 0.5) is 8.78 Å². The van der Waals surface area contributed by atoms with Gasteiger partial charge in [-0.05, 0) is 60.9 Å². The van der Waals surface area contributed by atoms with Crippen molar-refractivity contribution in [3.63, 3.8) is 0 Å². The first kappa shape index (κ1) is 20.6. The zero-order chi connectivity index (χ0) is 22.1. The quantitative estimate of drug-likeness (QED) is 0.592. The molecule has 2 aliphatic rings. The number of benzene rings is 2. The summed E-state index contributed by atoms with van der Waals surface area (Å²) >= 11 is 0. The van der Waals surface area contributed by atoms with Crippen molar-refractivity contribution in [3.05, 3.63) is 77.4 Å². The predicted molar refractivity (Wildman–Crippen MR) is 110 cm³/mol. The van der Waals surface area contributed by atoms with Gasteiger partial charge in [0, 0.05) is 12.6 Å². The molecular weight excluding hydrogens is 416 g/mol. The van der Waals surface area contributed by atoms with Crippen LogP contribution < -0.4 is 10.1 Å². The molecule has 2 bridgehead atoms. The zero-order valence-corrected chi connectivity index (χ0v) is 17.3. The van der Waals surface area contributed by atoms with Crippen LogP contribution in [0.25, 0.3) is 0 Å². The number of hydrogen-bond acceptors (Lipinski definition) is 5. The average Bonchev–Trinajstić information content (AvgIpc) is 3.52. The van der Waals surface area contributed by atoms with Gasteiger partial charge in [-0.1, -0.05) is 23.4 Å². The molecule has 6 nitrogen and oxygen atoms in total. The number of nitrogens with one attached hydrogen (secondary N) is 1. The van der Waals surface area contributed by atoms with E-state index in [0.717, 1.165) is 25.3 Å². The van der Waals surface area contributed by atoms with Crippen molar-refractivity contribution in [1.29, 1.82) is 0 Å². The molecule has 1 amide bonds. The highest BCUT2D eigenvalue weighted by Gasteiger charge is 2.53. The van der Waals surface area contributed by atoms with Crippen LogP contribution in [0.15, 0.2) is 53.1 Å². The number of carbonyl (C=O) groups is 1. The Morgan fingerprint density at radius 1 is 1.09 bits per heavy atom. The lowest BCUT2D eigenvalue weighted by atomic mass is 9.78. The van der Waals surface area contributed by atoms with Crippen molar-refractivity contribution in [2.45, 2.75) is 38.3 Å². The molecule has 4 atom stereocenters. The van der Waals surface area contributed by atoms with Gasteiger partial charge < -0.3 is 14.6 Å². The van der Waals surface area contributed by atoms with E-state index in [9.17, 15) is 13.6 Å². The smallest absolute Gasteiger partial charge is 0.230 e. The van der Waals surface area contributed by atoms with E-state index in [1.807, 2.05) is 30.3 Å². The Morgan fingerprint density at radius 2 is 1.84 bits per heavy atom. The molecule has 2 aliphatic carbocycles. The highest BCUT2D eigenvalue weighted by molar-refractivity contribution is 5.80. The number of carbonyl (C=O) groups excluding carboxylic acids is 1. The molecular formula is C24H23F2N3O3. The standard InChI is InChI=1S/C24H23F2N3O3/c25-17-8-14(9-18(26)11-17)12-27-23(30)21-15-6-7-16(10-15)22(21)24-28-20(29-32-24)13-31-19-4-2-1-3-5-19/h1-5,8-9,11,15-16,21-22H,6-7,10,12-13H2,(H,27,30)/t15-,16+,21-,22-/m0/s1. The molecule has 0 spiro atoms. The summed E-state index contributed by atoms with van der Waals surface area (Å²) in [6.07, 6.45) is 2.94. The monoisotopic (exact) mass is 439 g/mol. The van der Waals surface area contributed by atoms with Gasteiger partial charge in [0.15, 0.2) is 6.61 Å². The number of ether oxygens (including phenoxy) is 1. The number of para-hydroxylation sites is 1. The van der Waals surface area contributed by atoms with E-state index in [-0.39, 0.29) is 36.8 Å². The second kappa shape index (κ2) is 8.68. The Kier molecular flexibility index (Phi) is 5.59. The first-order valence-corrected chi connectivity index (χ1v) is 10.8. The fourth-order valence-electron chi connectivity index (χ4n) is 5.17. The lowest BCUT2D eigenvalue weighted by molar-refractivity contribution is -0.127. The number of amides is 1. The van der Waals surface area contributed by atoms with Crippen molar-refractivity contribution in [2.75, 3.05) is 0 Å². The minimum Gasteiger partial charge on any atom is -0.485 e. The minimum absolute atomic E-state index is 0.0636. The average molecular weight is 439 g/mol. The maximum absolute atomic E-state index is 13.4. The number of fused-ring (bicyclic) bond motifs is 2. The van der Waals surface area contributed by atoms with Gasteiger partial charge in [-0.2, -0.15) is 4.98 Å². The van der Waals surface area contributed by atoms with Crippen LogP contribution in [-0.4, -0.2) is 16.0 Å². The minimum atomic E-state index is -0.664. The summed E-state index contributed by atoms with van der Waals surface area (Å²) in [7, 11) is 0. The molecule has 0 unspecified atom stereocenters. The van der Waals surface area contributed by atoms with Crippen molar-refractivity contribution < 1.29 is 22.8 Å². The molecule has 0 saturated heterocycles. The third kappa shape index (κ3) is 4.22. The maximum atomic E-state index is 13.4. The topological polar surface area (TPSA) is 77.2 Å². The molecule has 2 saturated carbocycles. The first-order chi connectivity index (χ1) is 15.6. The maximum Gasteiger partial charge on any atom is 0.230 e. The van der Waals surface area contributed by atoms with Gasteiger partial charge in [0.25, 0.3) is 0 Å². The fraction of sp³-hybridized carbons (Fsp3) is 0.375. The summed E-state index contributed by atoms with van der Waals surface area (Å²) in [5.41, 5.74) is 0.383. The van der Waals surface area contributed by atoms with E-state index in [0.29, 0.717) is 28.9 Å². The molecule has 3 aromatic rings. The van der Waals surface area contributed by atoms with E-state index < -0.39 is 11.6 Å². The molecule has 8 heteroatoms. The second-order valence-electron chi connectivity index (χ2n) is 8.53. The van der Waals surface area contributed by atoms with Gasteiger partial charge in [0.2, 0.25) is 17.6 Å². The Bertz CT molecular complexity index is 1080. The van der Waals surface area contributed by atoms with Gasteiger partial charge in [-0.3, -0.25) is 4.79 Å². The first-order valence-electron chi connectivity index (χ1n) is 10.8. The molecule has 0 radical (unpaired) electrons. The van der Waals surface area contributed by atoms with Crippen LogP contribution in [0.5, 0.6) is 5.75 Å². The third-order valence-electron chi connectivity index (χ3n) is 6.49. The van der Waals surface area contributed by atoms with Gasteiger partial charge in [0.05, 0.1) is 11.8 Å². The van der Waals surface area contributed by atoms with Gasteiger partial charge in [-0.25, -0.2) is 8.78 Å². The largest absolute Gasteiger partial charge is 0.485 e. The molecule has 2 fully saturated rings. The SMILES string of the molecule is O=C(NCc1cc(F)cc(F)c1)[C@H]1[C@H]2CC[C@H](C2)[C@@H]1c1nc(COc2ccccc2)no1. The number of nitrogens with zero attached hydrogens (tertiary/aromatic N) is 2.